The van der Waals surface area contributed by atoms with Gasteiger partial charge >= 0.3 is 0 Å². The zero-order valence-electron chi connectivity index (χ0n) is 13.5. The van der Waals surface area contributed by atoms with Crippen LogP contribution in [-0.2, 0) is 0 Å². The molecule has 0 N–H and O–H groups in total. The fourth-order valence-corrected chi connectivity index (χ4v) is 6.17. The highest BCUT2D eigenvalue weighted by Crippen LogP contribution is 2.51. The second-order valence-electron chi connectivity index (χ2n) is 5.52. The summed E-state index contributed by atoms with van der Waals surface area (Å²) in [6.45, 7) is 4.52. The Morgan fingerprint density at radius 3 is 1.35 bits per heavy atom. The zero-order chi connectivity index (χ0) is 16.7. The first-order chi connectivity index (χ1) is 11.1. The van der Waals surface area contributed by atoms with Gasteiger partial charge in [-0.1, -0.05) is 49.9 Å². The summed E-state index contributed by atoms with van der Waals surface area (Å²) in [7, 11) is 0. The van der Waals surface area contributed by atoms with Gasteiger partial charge in [-0.2, -0.15) is 0 Å². The second-order valence-corrected chi connectivity index (χ2v) is 9.57. The molecule has 0 bridgehead atoms. The molecule has 0 aliphatic rings. The van der Waals surface area contributed by atoms with Gasteiger partial charge in [0.2, 0.25) is 0 Å². The molecule has 0 saturated carbocycles. The number of hydrogen-bond acceptors (Lipinski definition) is 2. The van der Waals surface area contributed by atoms with E-state index < -0.39 is 0 Å². The Hall–Kier alpha value is -0.280. The van der Waals surface area contributed by atoms with Crippen LogP contribution in [0.15, 0.2) is 58.3 Å². The van der Waals surface area contributed by atoms with E-state index in [1.165, 1.54) is 35.5 Å². The van der Waals surface area contributed by atoms with Crippen LogP contribution in [0.3, 0.4) is 0 Å². The number of benzene rings is 2. The van der Waals surface area contributed by atoms with Crippen molar-refractivity contribution in [1.82, 2.24) is 0 Å². The lowest BCUT2D eigenvalue weighted by atomic mass is 10.1. The first kappa shape index (κ1) is 19.1. The summed E-state index contributed by atoms with van der Waals surface area (Å²) in [6, 6.07) is 16.4. The smallest absolute Gasteiger partial charge is 0.0704 e. The van der Waals surface area contributed by atoms with Crippen molar-refractivity contribution in [2.45, 2.75) is 53.4 Å². The highest BCUT2D eigenvalue weighted by atomic mass is 35.5. The largest absolute Gasteiger partial charge is 0.108 e. The van der Waals surface area contributed by atoms with Gasteiger partial charge in [0.15, 0.2) is 0 Å². The predicted molar refractivity (Wildman–Crippen MR) is 107 cm³/mol. The minimum Gasteiger partial charge on any atom is -0.108 e. The highest BCUT2D eigenvalue weighted by molar-refractivity contribution is 8.18. The Kier molecular flexibility index (Phi) is 7.68. The molecule has 0 aromatic heterocycles. The van der Waals surface area contributed by atoms with Gasteiger partial charge in [0.1, 0.15) is 0 Å². The molecule has 0 amide bonds. The van der Waals surface area contributed by atoms with Crippen LogP contribution in [0.4, 0.5) is 0 Å². The van der Waals surface area contributed by atoms with E-state index in [1.54, 1.807) is 0 Å². The standard InChI is InChI=1S/C19H22Cl2S2/c1-3-13-19(14-4-2,22-17-9-5-15(20)6-10-17)23-18-11-7-16(21)8-12-18/h5-12H,3-4,13-14H2,1-2H3. The molecule has 0 aliphatic carbocycles. The Morgan fingerprint density at radius 1 is 0.696 bits per heavy atom. The summed E-state index contributed by atoms with van der Waals surface area (Å²) in [5.41, 5.74) is 0. The van der Waals surface area contributed by atoms with E-state index in [9.17, 15) is 0 Å². The summed E-state index contributed by atoms with van der Waals surface area (Å²) in [5.74, 6) is 0. The van der Waals surface area contributed by atoms with Gasteiger partial charge in [0.05, 0.1) is 4.08 Å². The lowest BCUT2D eigenvalue weighted by molar-refractivity contribution is 0.633. The van der Waals surface area contributed by atoms with Crippen LogP contribution in [0.1, 0.15) is 39.5 Å². The van der Waals surface area contributed by atoms with Crippen molar-refractivity contribution in [2.75, 3.05) is 0 Å². The van der Waals surface area contributed by atoms with Gasteiger partial charge in [0, 0.05) is 19.8 Å². The minimum absolute atomic E-state index is 0.144. The summed E-state index contributed by atoms with van der Waals surface area (Å²) in [5, 5.41) is 1.58. The Balaban J connectivity index is 2.25. The maximum atomic E-state index is 6.02. The molecule has 0 spiro atoms. The summed E-state index contributed by atoms with van der Waals surface area (Å²) < 4.78 is 0.144. The van der Waals surface area contributed by atoms with E-state index in [1.807, 2.05) is 47.8 Å². The predicted octanol–water partition coefficient (Wildman–Crippen LogP) is 8.17. The van der Waals surface area contributed by atoms with Crippen LogP contribution in [0, 0.1) is 0 Å². The molecule has 0 fully saturated rings. The van der Waals surface area contributed by atoms with Crippen LogP contribution >= 0.6 is 46.7 Å². The molecule has 124 valence electrons. The second kappa shape index (κ2) is 9.27. The van der Waals surface area contributed by atoms with Gasteiger partial charge in [-0.05, 0) is 61.4 Å². The molecule has 2 rings (SSSR count). The number of hydrogen-bond donors (Lipinski definition) is 0. The van der Waals surface area contributed by atoms with E-state index in [0.717, 1.165) is 10.0 Å². The fraction of sp³-hybridized carbons (Fsp3) is 0.368. The van der Waals surface area contributed by atoms with E-state index in [-0.39, 0.29) is 4.08 Å². The van der Waals surface area contributed by atoms with Crippen molar-refractivity contribution in [1.29, 1.82) is 0 Å². The van der Waals surface area contributed by atoms with Gasteiger partial charge < -0.3 is 0 Å². The lowest BCUT2D eigenvalue weighted by Crippen LogP contribution is -2.19. The van der Waals surface area contributed by atoms with Crippen LogP contribution < -0.4 is 0 Å². The maximum Gasteiger partial charge on any atom is 0.0704 e. The zero-order valence-corrected chi connectivity index (χ0v) is 16.7. The SMILES string of the molecule is CCCC(CCC)(Sc1ccc(Cl)cc1)Sc1ccc(Cl)cc1. The molecule has 23 heavy (non-hydrogen) atoms. The van der Waals surface area contributed by atoms with Crippen molar-refractivity contribution in [3.8, 4) is 0 Å². The Labute approximate surface area is 158 Å². The fourth-order valence-electron chi connectivity index (χ4n) is 2.55. The molecule has 0 unspecified atom stereocenters. The van der Waals surface area contributed by atoms with Crippen molar-refractivity contribution >= 4 is 46.7 Å². The van der Waals surface area contributed by atoms with Crippen molar-refractivity contribution in [3.05, 3.63) is 58.6 Å². The minimum atomic E-state index is 0.144. The van der Waals surface area contributed by atoms with Crippen LogP contribution in [0.5, 0.6) is 0 Å². The average Bonchev–Trinajstić information content (AvgIpc) is 2.52. The lowest BCUT2D eigenvalue weighted by Gasteiger charge is -2.32. The molecular formula is C19H22Cl2S2. The van der Waals surface area contributed by atoms with Crippen LogP contribution in [0.25, 0.3) is 0 Å². The Morgan fingerprint density at radius 2 is 1.04 bits per heavy atom. The molecule has 0 nitrogen and oxygen atoms in total. The van der Waals surface area contributed by atoms with Crippen molar-refractivity contribution < 1.29 is 0 Å². The molecule has 0 atom stereocenters. The van der Waals surface area contributed by atoms with Gasteiger partial charge in [0.25, 0.3) is 0 Å². The third-order valence-corrected chi connectivity index (χ3v) is 7.08. The topological polar surface area (TPSA) is 0 Å². The van der Waals surface area contributed by atoms with Crippen molar-refractivity contribution in [3.63, 3.8) is 0 Å². The number of halogens is 2. The molecule has 2 aromatic carbocycles. The first-order valence-electron chi connectivity index (χ1n) is 7.96. The quantitative estimate of drug-likeness (QED) is 0.332. The monoisotopic (exact) mass is 384 g/mol. The van der Waals surface area contributed by atoms with Gasteiger partial charge in [-0.15, -0.1) is 23.5 Å². The molecule has 0 aliphatic heterocycles. The first-order valence-corrected chi connectivity index (χ1v) is 10.3. The molecular weight excluding hydrogens is 363 g/mol. The molecule has 2 aromatic rings. The molecule has 0 radical (unpaired) electrons. The van der Waals surface area contributed by atoms with Gasteiger partial charge in [-0.3, -0.25) is 0 Å². The third-order valence-electron chi connectivity index (χ3n) is 3.50. The third kappa shape index (κ3) is 5.94. The van der Waals surface area contributed by atoms with Crippen LogP contribution in [0.2, 0.25) is 10.0 Å². The highest BCUT2D eigenvalue weighted by Gasteiger charge is 2.31. The molecule has 0 saturated heterocycles. The van der Waals surface area contributed by atoms with E-state index in [0.29, 0.717) is 0 Å². The molecule has 0 heterocycles. The average molecular weight is 385 g/mol. The van der Waals surface area contributed by atoms with Crippen LogP contribution in [-0.4, -0.2) is 4.08 Å². The van der Waals surface area contributed by atoms with Gasteiger partial charge in [-0.25, -0.2) is 0 Å². The summed E-state index contributed by atoms with van der Waals surface area (Å²) in [6.07, 6.45) is 4.67. The maximum absolute atomic E-state index is 6.02. The summed E-state index contributed by atoms with van der Waals surface area (Å²) in [4.78, 5) is 2.55. The number of rotatable bonds is 8. The van der Waals surface area contributed by atoms with Crippen molar-refractivity contribution in [2.24, 2.45) is 0 Å². The van der Waals surface area contributed by atoms with E-state index >= 15 is 0 Å². The Bertz CT molecular complexity index is 538. The number of thioether (sulfide) groups is 2. The molecule has 4 heteroatoms. The summed E-state index contributed by atoms with van der Waals surface area (Å²) >= 11 is 16.0. The van der Waals surface area contributed by atoms with E-state index in [4.69, 9.17) is 23.2 Å². The normalized spacial score (nSPS) is 11.7. The van der Waals surface area contributed by atoms with E-state index in [2.05, 4.69) is 38.1 Å².